The first kappa shape index (κ1) is 23.2. The summed E-state index contributed by atoms with van der Waals surface area (Å²) in [5.74, 6) is 1.35. The van der Waals surface area contributed by atoms with Crippen LogP contribution >= 0.6 is 0 Å². The highest BCUT2D eigenvalue weighted by Gasteiger charge is 2.19. The molecular formula is C29H29NO4. The van der Waals surface area contributed by atoms with Gasteiger partial charge in [0.1, 0.15) is 17.1 Å². The van der Waals surface area contributed by atoms with E-state index in [4.69, 9.17) is 13.9 Å². The van der Waals surface area contributed by atoms with Crippen molar-refractivity contribution >= 4 is 22.4 Å². The van der Waals surface area contributed by atoms with Gasteiger partial charge in [-0.05, 0) is 55.2 Å². The molecule has 0 saturated heterocycles. The van der Waals surface area contributed by atoms with Crippen LogP contribution in [0.1, 0.15) is 23.6 Å². The van der Waals surface area contributed by atoms with Crippen LogP contribution in [0.3, 0.4) is 0 Å². The number of amides is 1. The Balaban J connectivity index is 1.64. The predicted octanol–water partition coefficient (Wildman–Crippen LogP) is 6.19. The summed E-state index contributed by atoms with van der Waals surface area (Å²) in [4.78, 5) is 12.6. The third-order valence-electron chi connectivity index (χ3n) is 5.96. The molecule has 0 fully saturated rings. The van der Waals surface area contributed by atoms with Gasteiger partial charge in [0.2, 0.25) is 5.91 Å². The van der Waals surface area contributed by atoms with E-state index in [1.54, 1.807) is 26.6 Å². The maximum Gasteiger partial charge on any atom is 0.244 e. The first-order chi connectivity index (χ1) is 16.5. The number of carbonyl (C=O) groups excluding carboxylic acids is 1. The summed E-state index contributed by atoms with van der Waals surface area (Å²) >= 11 is 0. The second-order valence-electron chi connectivity index (χ2n) is 8.19. The fraction of sp³-hybridized carbons (Fsp3) is 0.207. The van der Waals surface area contributed by atoms with Gasteiger partial charge in [-0.2, -0.15) is 0 Å². The van der Waals surface area contributed by atoms with Gasteiger partial charge in [-0.25, -0.2) is 0 Å². The van der Waals surface area contributed by atoms with E-state index in [1.165, 1.54) is 5.56 Å². The first-order valence-electron chi connectivity index (χ1n) is 11.3. The van der Waals surface area contributed by atoms with Crippen molar-refractivity contribution in [3.63, 3.8) is 0 Å². The van der Waals surface area contributed by atoms with Crippen LogP contribution in [0.25, 0.3) is 27.7 Å². The molecule has 1 N–H and O–H groups in total. The number of furan rings is 1. The number of rotatable bonds is 8. The summed E-state index contributed by atoms with van der Waals surface area (Å²) in [5, 5.41) is 3.93. The number of carbonyl (C=O) groups is 1. The fourth-order valence-corrected chi connectivity index (χ4v) is 4.19. The zero-order valence-electron chi connectivity index (χ0n) is 20.0. The van der Waals surface area contributed by atoms with E-state index in [0.717, 1.165) is 51.0 Å². The Hall–Kier alpha value is -3.99. The Morgan fingerprint density at radius 3 is 2.56 bits per heavy atom. The summed E-state index contributed by atoms with van der Waals surface area (Å²) in [6.45, 7) is 4.46. The molecule has 3 aromatic carbocycles. The van der Waals surface area contributed by atoms with E-state index in [9.17, 15) is 4.79 Å². The molecule has 5 nitrogen and oxygen atoms in total. The van der Waals surface area contributed by atoms with Crippen LogP contribution in [0.5, 0.6) is 11.5 Å². The predicted molar refractivity (Wildman–Crippen MR) is 136 cm³/mol. The molecule has 0 unspecified atom stereocenters. The van der Waals surface area contributed by atoms with Gasteiger partial charge in [0, 0.05) is 34.7 Å². The van der Waals surface area contributed by atoms with Crippen molar-refractivity contribution < 1.29 is 18.7 Å². The van der Waals surface area contributed by atoms with Crippen molar-refractivity contribution in [1.29, 1.82) is 0 Å². The number of benzene rings is 3. The van der Waals surface area contributed by atoms with Crippen LogP contribution in [-0.4, -0.2) is 26.7 Å². The quantitative estimate of drug-likeness (QED) is 0.322. The molecule has 0 aliphatic carbocycles. The van der Waals surface area contributed by atoms with E-state index >= 15 is 0 Å². The molecule has 4 aromatic rings. The van der Waals surface area contributed by atoms with Gasteiger partial charge < -0.3 is 19.2 Å². The topological polar surface area (TPSA) is 60.7 Å². The third kappa shape index (κ3) is 4.84. The molecule has 4 rings (SSSR count). The van der Waals surface area contributed by atoms with Gasteiger partial charge >= 0.3 is 0 Å². The smallest absolute Gasteiger partial charge is 0.244 e. The highest BCUT2D eigenvalue weighted by Crippen LogP contribution is 2.41. The van der Waals surface area contributed by atoms with Crippen LogP contribution < -0.4 is 14.8 Å². The minimum atomic E-state index is -0.131. The summed E-state index contributed by atoms with van der Waals surface area (Å²) in [5.41, 5.74) is 6.47. The zero-order chi connectivity index (χ0) is 24.1. The number of hydrogen-bond donors (Lipinski definition) is 1. The second kappa shape index (κ2) is 10.3. The lowest BCUT2D eigenvalue weighted by Crippen LogP contribution is -2.23. The molecule has 0 bridgehead atoms. The zero-order valence-corrected chi connectivity index (χ0v) is 20.0. The maximum absolute atomic E-state index is 12.6. The van der Waals surface area contributed by atoms with Crippen LogP contribution in [0.15, 0.2) is 77.4 Å². The van der Waals surface area contributed by atoms with E-state index < -0.39 is 0 Å². The lowest BCUT2D eigenvalue weighted by molar-refractivity contribution is -0.116. The Bertz CT molecular complexity index is 1340. The standard InChI is InChI=1S/C29H29NO4/c1-19(15-27(31)30-14-13-21-9-6-5-7-10-21)24-17-25-26(22-11-8-12-23(16-22)32-3)18-34-29(25)20(2)28(24)33-4/h5-12,15-18H,13-14H2,1-4H3,(H,30,31)/b19-15+. The minimum absolute atomic E-state index is 0.131. The van der Waals surface area contributed by atoms with Crippen molar-refractivity contribution in [3.05, 3.63) is 89.7 Å². The molecule has 34 heavy (non-hydrogen) atoms. The largest absolute Gasteiger partial charge is 0.497 e. The van der Waals surface area contributed by atoms with Crippen LogP contribution in [0.2, 0.25) is 0 Å². The van der Waals surface area contributed by atoms with E-state index in [2.05, 4.69) is 17.4 Å². The van der Waals surface area contributed by atoms with Gasteiger partial charge in [0.25, 0.3) is 0 Å². The lowest BCUT2D eigenvalue weighted by Gasteiger charge is -2.13. The molecule has 0 saturated carbocycles. The number of allylic oxidation sites excluding steroid dienone is 1. The number of methoxy groups -OCH3 is 2. The van der Waals surface area contributed by atoms with Crippen molar-refractivity contribution in [2.45, 2.75) is 20.3 Å². The van der Waals surface area contributed by atoms with Crippen molar-refractivity contribution in [3.8, 4) is 22.6 Å². The molecule has 5 heteroatoms. The van der Waals surface area contributed by atoms with Gasteiger partial charge in [0.05, 0.1) is 20.5 Å². The minimum Gasteiger partial charge on any atom is -0.497 e. The van der Waals surface area contributed by atoms with Crippen LogP contribution in [0, 0.1) is 6.92 Å². The molecule has 174 valence electrons. The normalized spacial score (nSPS) is 11.5. The molecule has 0 spiro atoms. The molecule has 0 radical (unpaired) electrons. The van der Waals surface area contributed by atoms with E-state index in [0.29, 0.717) is 12.3 Å². The number of aryl methyl sites for hydroxylation is 1. The van der Waals surface area contributed by atoms with Crippen LogP contribution in [0.4, 0.5) is 0 Å². The van der Waals surface area contributed by atoms with E-state index in [-0.39, 0.29) is 5.91 Å². The Morgan fingerprint density at radius 1 is 1.03 bits per heavy atom. The molecule has 0 aliphatic heterocycles. The van der Waals surface area contributed by atoms with Gasteiger partial charge in [-0.3, -0.25) is 4.79 Å². The fourth-order valence-electron chi connectivity index (χ4n) is 4.19. The van der Waals surface area contributed by atoms with Crippen LogP contribution in [-0.2, 0) is 11.2 Å². The van der Waals surface area contributed by atoms with Crippen molar-refractivity contribution in [1.82, 2.24) is 5.32 Å². The Morgan fingerprint density at radius 2 is 1.82 bits per heavy atom. The summed E-state index contributed by atoms with van der Waals surface area (Å²) < 4.78 is 17.1. The highest BCUT2D eigenvalue weighted by atomic mass is 16.5. The summed E-state index contributed by atoms with van der Waals surface area (Å²) in [6, 6.07) is 20.0. The SMILES string of the molecule is COc1cccc(-c2coc3c(C)c(OC)c(/C(C)=C/C(=O)NCCc4ccccc4)cc23)c1. The lowest BCUT2D eigenvalue weighted by atomic mass is 9.96. The number of nitrogens with one attached hydrogen (secondary N) is 1. The summed E-state index contributed by atoms with van der Waals surface area (Å²) in [7, 11) is 3.29. The third-order valence-corrected chi connectivity index (χ3v) is 5.96. The maximum atomic E-state index is 12.6. The molecule has 1 amide bonds. The molecule has 1 aromatic heterocycles. The second-order valence-corrected chi connectivity index (χ2v) is 8.19. The Labute approximate surface area is 200 Å². The molecule has 1 heterocycles. The van der Waals surface area contributed by atoms with Crippen molar-refractivity contribution in [2.24, 2.45) is 0 Å². The van der Waals surface area contributed by atoms with E-state index in [1.807, 2.05) is 62.4 Å². The van der Waals surface area contributed by atoms with Crippen molar-refractivity contribution in [2.75, 3.05) is 20.8 Å². The summed E-state index contributed by atoms with van der Waals surface area (Å²) in [6.07, 6.45) is 4.16. The average Bonchev–Trinajstić information content (AvgIpc) is 3.29. The Kier molecular flexibility index (Phi) is 7.02. The number of ether oxygens (including phenoxy) is 2. The average molecular weight is 456 g/mol. The van der Waals surface area contributed by atoms with Gasteiger partial charge in [-0.15, -0.1) is 0 Å². The monoisotopic (exact) mass is 455 g/mol. The van der Waals surface area contributed by atoms with Gasteiger partial charge in [0.15, 0.2) is 0 Å². The molecular weight excluding hydrogens is 426 g/mol. The molecule has 0 atom stereocenters. The first-order valence-corrected chi connectivity index (χ1v) is 11.3. The number of fused-ring (bicyclic) bond motifs is 1. The highest BCUT2D eigenvalue weighted by molar-refractivity contribution is 6.01. The van der Waals surface area contributed by atoms with Gasteiger partial charge in [-0.1, -0.05) is 42.5 Å². The molecule has 0 aliphatic rings. The number of hydrogen-bond acceptors (Lipinski definition) is 4.